The van der Waals surface area contributed by atoms with Gasteiger partial charge in [-0.2, -0.15) is 4.98 Å². The fraction of sp³-hybridized carbons (Fsp3) is 0.267. The van der Waals surface area contributed by atoms with Gasteiger partial charge in [-0.25, -0.2) is 0 Å². The summed E-state index contributed by atoms with van der Waals surface area (Å²) in [5, 5.41) is 14.2. The standard InChI is InChI=1S/C15H17N3O3/c1-3-10-16-13-8-5-9-14(17-13)21-15-11(2)6-4-7-12(15)18(19)20/h4-9H,3,10H2,1-2H3,(H,16,17). The topological polar surface area (TPSA) is 77.3 Å². The molecule has 0 amide bonds. The second-order valence-corrected chi connectivity index (χ2v) is 4.57. The number of benzene rings is 1. The van der Waals surface area contributed by atoms with Crippen LogP contribution in [0.2, 0.25) is 0 Å². The lowest BCUT2D eigenvalue weighted by molar-refractivity contribution is -0.385. The fourth-order valence-corrected chi connectivity index (χ4v) is 1.84. The number of ether oxygens (including phenoxy) is 1. The highest BCUT2D eigenvalue weighted by Gasteiger charge is 2.18. The molecule has 1 aromatic heterocycles. The van der Waals surface area contributed by atoms with Crippen molar-refractivity contribution in [2.24, 2.45) is 0 Å². The quantitative estimate of drug-likeness (QED) is 0.643. The Hall–Kier alpha value is -2.63. The van der Waals surface area contributed by atoms with Gasteiger partial charge in [0.15, 0.2) is 0 Å². The molecule has 1 heterocycles. The summed E-state index contributed by atoms with van der Waals surface area (Å²) in [5.74, 6) is 1.24. The minimum atomic E-state index is -0.457. The summed E-state index contributed by atoms with van der Waals surface area (Å²) in [4.78, 5) is 14.9. The summed E-state index contributed by atoms with van der Waals surface area (Å²) in [6.07, 6.45) is 0.982. The lowest BCUT2D eigenvalue weighted by Crippen LogP contribution is -2.02. The molecule has 1 N–H and O–H groups in total. The van der Waals surface area contributed by atoms with Crippen molar-refractivity contribution in [3.63, 3.8) is 0 Å². The molecule has 0 unspecified atom stereocenters. The highest BCUT2D eigenvalue weighted by atomic mass is 16.6. The van der Waals surface area contributed by atoms with Crippen LogP contribution in [0.1, 0.15) is 18.9 Å². The van der Waals surface area contributed by atoms with Crippen LogP contribution in [-0.2, 0) is 0 Å². The van der Waals surface area contributed by atoms with Gasteiger partial charge >= 0.3 is 5.69 Å². The van der Waals surface area contributed by atoms with Crippen LogP contribution in [0.25, 0.3) is 0 Å². The molecule has 2 aromatic rings. The molecule has 6 nitrogen and oxygen atoms in total. The first-order valence-electron chi connectivity index (χ1n) is 6.74. The molecule has 0 saturated heterocycles. The van der Waals surface area contributed by atoms with Crippen LogP contribution in [0.4, 0.5) is 11.5 Å². The zero-order valence-electron chi connectivity index (χ0n) is 12.0. The van der Waals surface area contributed by atoms with Crippen molar-refractivity contribution in [3.05, 3.63) is 52.1 Å². The molecule has 1 aromatic carbocycles. The number of aryl methyl sites for hydroxylation is 1. The third-order valence-electron chi connectivity index (χ3n) is 2.87. The van der Waals surface area contributed by atoms with Gasteiger partial charge in [0.1, 0.15) is 5.82 Å². The molecule has 6 heteroatoms. The zero-order valence-corrected chi connectivity index (χ0v) is 12.0. The van der Waals surface area contributed by atoms with E-state index >= 15 is 0 Å². The normalized spacial score (nSPS) is 10.2. The Kier molecular flexibility index (Phi) is 4.71. The highest BCUT2D eigenvalue weighted by Crippen LogP contribution is 2.33. The zero-order chi connectivity index (χ0) is 15.2. The number of rotatable bonds is 6. The third kappa shape index (κ3) is 3.68. The molecular formula is C15H17N3O3. The molecule has 110 valence electrons. The minimum absolute atomic E-state index is 0.0660. The van der Waals surface area contributed by atoms with Gasteiger partial charge in [0.25, 0.3) is 0 Å². The Bertz CT molecular complexity index is 644. The molecule has 0 aliphatic carbocycles. The van der Waals surface area contributed by atoms with Gasteiger partial charge in [-0.05, 0) is 25.0 Å². The number of hydrogen-bond donors (Lipinski definition) is 1. The lowest BCUT2D eigenvalue weighted by Gasteiger charge is -2.10. The molecule has 0 aliphatic heterocycles. The van der Waals surface area contributed by atoms with Crippen LogP contribution in [0.3, 0.4) is 0 Å². The Labute approximate surface area is 122 Å². The first kappa shape index (κ1) is 14.8. The molecule has 2 rings (SSSR count). The van der Waals surface area contributed by atoms with Gasteiger partial charge in [-0.1, -0.05) is 25.1 Å². The van der Waals surface area contributed by atoms with Crippen molar-refractivity contribution in [2.45, 2.75) is 20.3 Å². The number of pyridine rings is 1. The smallest absolute Gasteiger partial charge is 0.311 e. The van der Waals surface area contributed by atoms with Crippen molar-refractivity contribution in [1.29, 1.82) is 0 Å². The molecule has 0 fully saturated rings. The van der Waals surface area contributed by atoms with Gasteiger partial charge in [0.2, 0.25) is 11.6 Å². The maximum Gasteiger partial charge on any atom is 0.311 e. The van der Waals surface area contributed by atoms with Crippen LogP contribution >= 0.6 is 0 Å². The van der Waals surface area contributed by atoms with E-state index in [1.54, 1.807) is 31.2 Å². The third-order valence-corrected chi connectivity index (χ3v) is 2.87. The van der Waals surface area contributed by atoms with Crippen molar-refractivity contribution < 1.29 is 9.66 Å². The van der Waals surface area contributed by atoms with Crippen molar-refractivity contribution in [2.75, 3.05) is 11.9 Å². The number of hydrogen-bond acceptors (Lipinski definition) is 5. The van der Waals surface area contributed by atoms with Crippen molar-refractivity contribution >= 4 is 11.5 Å². The fourth-order valence-electron chi connectivity index (χ4n) is 1.84. The average Bonchev–Trinajstić information content (AvgIpc) is 2.47. The first-order valence-corrected chi connectivity index (χ1v) is 6.74. The van der Waals surface area contributed by atoms with Crippen molar-refractivity contribution in [3.8, 4) is 11.6 Å². The van der Waals surface area contributed by atoms with E-state index in [4.69, 9.17) is 4.74 Å². The second-order valence-electron chi connectivity index (χ2n) is 4.57. The summed E-state index contributed by atoms with van der Waals surface area (Å²) in [7, 11) is 0. The molecule has 21 heavy (non-hydrogen) atoms. The van der Waals surface area contributed by atoms with E-state index in [0.717, 1.165) is 13.0 Å². The van der Waals surface area contributed by atoms with E-state index in [1.165, 1.54) is 6.07 Å². The summed E-state index contributed by atoms with van der Waals surface area (Å²) in [5.41, 5.74) is 0.627. The van der Waals surface area contributed by atoms with E-state index in [9.17, 15) is 10.1 Å². The lowest BCUT2D eigenvalue weighted by atomic mass is 10.2. The monoisotopic (exact) mass is 287 g/mol. The average molecular weight is 287 g/mol. The van der Waals surface area contributed by atoms with Crippen LogP contribution < -0.4 is 10.1 Å². The van der Waals surface area contributed by atoms with Gasteiger partial charge in [0.05, 0.1) is 4.92 Å². The first-order chi connectivity index (χ1) is 10.1. The largest absolute Gasteiger partial charge is 0.431 e. The summed E-state index contributed by atoms with van der Waals surface area (Å²) < 4.78 is 5.63. The number of aromatic nitrogens is 1. The molecule has 0 aliphatic rings. The Balaban J connectivity index is 2.28. The van der Waals surface area contributed by atoms with Crippen LogP contribution in [0.15, 0.2) is 36.4 Å². The van der Waals surface area contributed by atoms with Gasteiger partial charge in [-0.3, -0.25) is 10.1 Å². The maximum atomic E-state index is 11.1. The Morgan fingerprint density at radius 1 is 1.29 bits per heavy atom. The molecule has 0 radical (unpaired) electrons. The minimum Gasteiger partial charge on any atom is -0.431 e. The number of nitro benzene ring substituents is 1. The van der Waals surface area contributed by atoms with E-state index in [1.807, 2.05) is 6.07 Å². The highest BCUT2D eigenvalue weighted by molar-refractivity contribution is 5.53. The summed E-state index contributed by atoms with van der Waals surface area (Å²) in [6.45, 7) is 4.63. The predicted molar refractivity (Wildman–Crippen MR) is 80.9 cm³/mol. The SMILES string of the molecule is CCCNc1cccc(Oc2c(C)cccc2[N+](=O)[O-])n1. The number of para-hydroxylation sites is 1. The number of nitrogens with zero attached hydrogens (tertiary/aromatic N) is 2. The Morgan fingerprint density at radius 3 is 2.76 bits per heavy atom. The molecular weight excluding hydrogens is 270 g/mol. The van der Waals surface area contributed by atoms with Gasteiger partial charge < -0.3 is 10.1 Å². The molecule has 0 bridgehead atoms. The number of nitro groups is 1. The molecule has 0 atom stereocenters. The molecule has 0 saturated carbocycles. The Morgan fingerprint density at radius 2 is 2.05 bits per heavy atom. The van der Waals surface area contributed by atoms with Gasteiger partial charge in [-0.15, -0.1) is 0 Å². The summed E-state index contributed by atoms with van der Waals surface area (Å²) >= 11 is 0. The van der Waals surface area contributed by atoms with E-state index in [-0.39, 0.29) is 11.4 Å². The van der Waals surface area contributed by atoms with E-state index in [0.29, 0.717) is 17.3 Å². The van der Waals surface area contributed by atoms with Crippen LogP contribution in [-0.4, -0.2) is 16.5 Å². The van der Waals surface area contributed by atoms with E-state index < -0.39 is 4.92 Å². The summed E-state index contributed by atoms with van der Waals surface area (Å²) in [6, 6.07) is 10.1. The second kappa shape index (κ2) is 6.69. The van der Waals surface area contributed by atoms with Crippen LogP contribution in [0.5, 0.6) is 11.6 Å². The maximum absolute atomic E-state index is 11.1. The van der Waals surface area contributed by atoms with Crippen molar-refractivity contribution in [1.82, 2.24) is 4.98 Å². The number of anilines is 1. The molecule has 0 spiro atoms. The van der Waals surface area contributed by atoms with Gasteiger partial charge in [0, 0.05) is 18.7 Å². The predicted octanol–water partition coefficient (Wildman–Crippen LogP) is 3.91. The number of nitrogens with one attached hydrogen (secondary N) is 1. The van der Waals surface area contributed by atoms with Crippen LogP contribution in [0, 0.1) is 17.0 Å². The van der Waals surface area contributed by atoms with E-state index in [2.05, 4.69) is 17.2 Å².